The highest BCUT2D eigenvalue weighted by atomic mass is 16.5. The number of phenols is 1. The molecule has 0 aromatic heterocycles. The monoisotopic (exact) mass is 405 g/mol. The molecule has 152 valence electrons. The number of anilines is 1. The van der Waals surface area contributed by atoms with Crippen LogP contribution in [0, 0.1) is 0 Å². The summed E-state index contributed by atoms with van der Waals surface area (Å²) in [5.74, 6) is -2.00. The molecule has 1 aliphatic rings. The number of benzene rings is 3. The van der Waals surface area contributed by atoms with E-state index in [0.717, 1.165) is 4.90 Å². The van der Waals surface area contributed by atoms with E-state index in [9.17, 15) is 19.5 Å². The van der Waals surface area contributed by atoms with Crippen LogP contribution in [0.15, 0.2) is 48.5 Å². The van der Waals surface area contributed by atoms with Gasteiger partial charge in [-0.15, -0.1) is 0 Å². The van der Waals surface area contributed by atoms with E-state index in [2.05, 4.69) is 0 Å². The van der Waals surface area contributed by atoms with Crippen LogP contribution < -0.4 is 9.64 Å². The highest BCUT2D eigenvalue weighted by Gasteiger charge is 2.41. The topological polar surface area (TPSA) is 104 Å². The maximum absolute atomic E-state index is 13.3. The van der Waals surface area contributed by atoms with Gasteiger partial charge in [-0.1, -0.05) is 24.3 Å². The van der Waals surface area contributed by atoms with Crippen molar-refractivity contribution in [3.63, 3.8) is 0 Å². The molecular weight excluding hydrogens is 386 g/mol. The van der Waals surface area contributed by atoms with Crippen LogP contribution >= 0.6 is 0 Å². The fourth-order valence-electron chi connectivity index (χ4n) is 3.68. The molecule has 0 radical (unpaired) electrons. The fourth-order valence-corrected chi connectivity index (χ4v) is 3.68. The SMILES string of the molecule is CC(C)Oc1cccc2cc(O)c3c(c12)C(=O)N(c1ccc(CC(=O)O)cc1)C3=O. The molecule has 2 N–H and O–H groups in total. The lowest BCUT2D eigenvalue weighted by Crippen LogP contribution is -2.29. The molecule has 0 saturated heterocycles. The molecule has 0 bridgehead atoms. The summed E-state index contributed by atoms with van der Waals surface area (Å²) < 4.78 is 5.85. The molecule has 0 saturated carbocycles. The summed E-state index contributed by atoms with van der Waals surface area (Å²) in [6, 6.07) is 12.8. The number of carboxylic acids is 1. The van der Waals surface area contributed by atoms with Crippen LogP contribution in [0.2, 0.25) is 0 Å². The van der Waals surface area contributed by atoms with Crippen molar-refractivity contribution in [2.24, 2.45) is 0 Å². The van der Waals surface area contributed by atoms with Gasteiger partial charge in [0.1, 0.15) is 11.5 Å². The number of aromatic hydroxyl groups is 1. The van der Waals surface area contributed by atoms with Gasteiger partial charge in [0.15, 0.2) is 0 Å². The molecule has 7 nitrogen and oxygen atoms in total. The van der Waals surface area contributed by atoms with Crippen molar-refractivity contribution in [3.8, 4) is 11.5 Å². The minimum absolute atomic E-state index is 0.0677. The first-order valence-corrected chi connectivity index (χ1v) is 9.42. The van der Waals surface area contributed by atoms with Crippen LogP contribution in [0.25, 0.3) is 10.8 Å². The van der Waals surface area contributed by atoms with Crippen LogP contribution in [0.5, 0.6) is 11.5 Å². The number of phenolic OH excluding ortho intramolecular Hbond substituents is 1. The van der Waals surface area contributed by atoms with E-state index < -0.39 is 17.8 Å². The van der Waals surface area contributed by atoms with Crippen LogP contribution in [0.4, 0.5) is 5.69 Å². The summed E-state index contributed by atoms with van der Waals surface area (Å²) in [5.41, 5.74) is 0.872. The Kier molecular flexibility index (Phi) is 4.66. The molecule has 0 unspecified atom stereocenters. The molecule has 3 aromatic carbocycles. The third kappa shape index (κ3) is 3.14. The van der Waals surface area contributed by atoms with Gasteiger partial charge in [-0.3, -0.25) is 14.4 Å². The second-order valence-corrected chi connectivity index (χ2v) is 7.35. The lowest BCUT2D eigenvalue weighted by Gasteiger charge is -2.15. The Morgan fingerprint density at radius 1 is 1.03 bits per heavy atom. The Labute approximate surface area is 172 Å². The third-order valence-corrected chi connectivity index (χ3v) is 4.85. The Morgan fingerprint density at radius 2 is 1.70 bits per heavy atom. The number of hydrogen-bond donors (Lipinski definition) is 2. The quantitative estimate of drug-likeness (QED) is 0.627. The first-order chi connectivity index (χ1) is 14.3. The zero-order valence-electron chi connectivity index (χ0n) is 16.4. The lowest BCUT2D eigenvalue weighted by molar-refractivity contribution is -0.136. The second kappa shape index (κ2) is 7.18. The number of rotatable bonds is 5. The van der Waals surface area contributed by atoms with E-state index in [1.807, 2.05) is 13.8 Å². The van der Waals surface area contributed by atoms with Gasteiger partial charge in [0.2, 0.25) is 0 Å². The molecule has 1 aliphatic heterocycles. The maximum atomic E-state index is 13.3. The van der Waals surface area contributed by atoms with Gasteiger partial charge in [0.05, 0.1) is 29.3 Å². The van der Waals surface area contributed by atoms with Crippen LogP contribution in [0.3, 0.4) is 0 Å². The van der Waals surface area contributed by atoms with Crippen LogP contribution in [-0.4, -0.2) is 34.1 Å². The Balaban J connectivity index is 1.85. The standard InChI is InChI=1S/C23H19NO6/c1-12(2)30-17-5-3-4-14-11-16(25)20-21(19(14)17)23(29)24(22(20)28)15-8-6-13(7-9-15)10-18(26)27/h3-9,11-12,25H,10H2,1-2H3,(H,26,27). The lowest BCUT2D eigenvalue weighted by atomic mass is 9.98. The largest absolute Gasteiger partial charge is 0.507 e. The van der Waals surface area contributed by atoms with E-state index in [1.165, 1.54) is 18.2 Å². The number of hydrogen-bond acceptors (Lipinski definition) is 5. The molecule has 0 fully saturated rings. The first-order valence-electron chi connectivity index (χ1n) is 9.42. The molecule has 30 heavy (non-hydrogen) atoms. The Bertz CT molecular complexity index is 1200. The molecule has 4 rings (SSSR count). The van der Waals surface area contributed by atoms with Crippen molar-refractivity contribution >= 4 is 34.2 Å². The highest BCUT2D eigenvalue weighted by molar-refractivity contribution is 6.39. The van der Waals surface area contributed by atoms with Gasteiger partial charge >= 0.3 is 5.97 Å². The molecule has 3 aromatic rings. The average Bonchev–Trinajstić information content (AvgIpc) is 2.93. The van der Waals surface area contributed by atoms with Gasteiger partial charge in [0.25, 0.3) is 11.8 Å². The van der Waals surface area contributed by atoms with Gasteiger partial charge in [-0.2, -0.15) is 0 Å². The van der Waals surface area contributed by atoms with Gasteiger partial charge in [0, 0.05) is 5.39 Å². The maximum Gasteiger partial charge on any atom is 0.307 e. The van der Waals surface area contributed by atoms with Crippen molar-refractivity contribution in [1.29, 1.82) is 0 Å². The normalized spacial score (nSPS) is 13.2. The number of ether oxygens (including phenoxy) is 1. The fraction of sp³-hybridized carbons (Fsp3) is 0.174. The molecule has 0 spiro atoms. The van der Waals surface area contributed by atoms with Gasteiger partial charge < -0.3 is 14.9 Å². The van der Waals surface area contributed by atoms with Crippen molar-refractivity contribution < 1.29 is 29.3 Å². The van der Waals surface area contributed by atoms with Crippen molar-refractivity contribution in [2.45, 2.75) is 26.4 Å². The summed E-state index contributed by atoms with van der Waals surface area (Å²) in [5, 5.41) is 20.5. The van der Waals surface area contributed by atoms with Crippen molar-refractivity contribution in [3.05, 3.63) is 65.2 Å². The van der Waals surface area contributed by atoms with Crippen LogP contribution in [-0.2, 0) is 11.2 Å². The minimum atomic E-state index is -0.974. The minimum Gasteiger partial charge on any atom is -0.507 e. The average molecular weight is 405 g/mol. The Hall–Kier alpha value is -3.87. The number of carboxylic acid groups (broad SMARTS) is 1. The van der Waals surface area contributed by atoms with E-state index >= 15 is 0 Å². The number of fused-ring (bicyclic) bond motifs is 3. The smallest absolute Gasteiger partial charge is 0.307 e. The summed E-state index contributed by atoms with van der Waals surface area (Å²) in [6.45, 7) is 3.72. The number of nitrogens with zero attached hydrogens (tertiary/aromatic N) is 1. The molecule has 0 atom stereocenters. The third-order valence-electron chi connectivity index (χ3n) is 4.85. The van der Waals surface area contributed by atoms with E-state index in [4.69, 9.17) is 9.84 Å². The molecular formula is C23H19NO6. The number of amides is 2. The van der Waals surface area contributed by atoms with E-state index in [-0.39, 0.29) is 29.4 Å². The number of carbonyl (C=O) groups is 3. The molecule has 2 amide bonds. The second-order valence-electron chi connectivity index (χ2n) is 7.35. The zero-order chi connectivity index (χ0) is 21.6. The number of aliphatic carboxylic acids is 1. The molecule has 1 heterocycles. The molecule has 0 aliphatic carbocycles. The van der Waals surface area contributed by atoms with E-state index in [0.29, 0.717) is 27.8 Å². The van der Waals surface area contributed by atoms with E-state index in [1.54, 1.807) is 30.3 Å². The summed E-state index contributed by atoms with van der Waals surface area (Å²) in [6.07, 6.45) is -0.311. The van der Waals surface area contributed by atoms with Gasteiger partial charge in [-0.25, -0.2) is 4.90 Å². The zero-order valence-corrected chi connectivity index (χ0v) is 16.4. The summed E-state index contributed by atoms with van der Waals surface area (Å²) >= 11 is 0. The molecule has 7 heteroatoms. The van der Waals surface area contributed by atoms with Crippen molar-refractivity contribution in [1.82, 2.24) is 0 Å². The summed E-state index contributed by atoms with van der Waals surface area (Å²) in [4.78, 5) is 38.3. The van der Waals surface area contributed by atoms with Crippen LogP contribution in [0.1, 0.15) is 40.1 Å². The first kappa shape index (κ1) is 19.4. The highest BCUT2D eigenvalue weighted by Crippen LogP contribution is 2.42. The number of imide groups is 1. The predicted octanol–water partition coefficient (Wildman–Crippen LogP) is 3.76. The predicted molar refractivity (Wildman–Crippen MR) is 110 cm³/mol. The van der Waals surface area contributed by atoms with Gasteiger partial charge in [-0.05, 0) is 49.1 Å². The van der Waals surface area contributed by atoms with Crippen molar-refractivity contribution in [2.75, 3.05) is 4.90 Å². The number of carbonyl (C=O) groups excluding carboxylic acids is 2. The Morgan fingerprint density at radius 3 is 2.33 bits per heavy atom. The summed E-state index contributed by atoms with van der Waals surface area (Å²) in [7, 11) is 0.